The third kappa shape index (κ3) is 2.72. The average Bonchev–Trinajstić information content (AvgIpc) is 2.56. The number of aliphatic hydroxyl groups is 1. The Labute approximate surface area is 91.1 Å². The van der Waals surface area contributed by atoms with Gasteiger partial charge in [0.05, 0.1) is 23.7 Å². The lowest BCUT2D eigenvalue weighted by atomic mass is 9.88. The number of nitrogens with one attached hydrogen (secondary N) is 2. The molecule has 0 aliphatic carbocycles. The van der Waals surface area contributed by atoms with Crippen molar-refractivity contribution in [2.24, 2.45) is 5.41 Å². The summed E-state index contributed by atoms with van der Waals surface area (Å²) in [6, 6.07) is 0. The number of aromatic nitrogens is 2. The summed E-state index contributed by atoms with van der Waals surface area (Å²) in [4.78, 5) is 0. The fourth-order valence-electron chi connectivity index (χ4n) is 1.41. The third-order valence-corrected chi connectivity index (χ3v) is 3.06. The molecule has 15 heavy (non-hydrogen) atoms. The molecule has 1 aromatic heterocycles. The minimum atomic E-state index is -0.0594. The van der Waals surface area contributed by atoms with E-state index < -0.39 is 0 Å². The van der Waals surface area contributed by atoms with Crippen molar-refractivity contribution in [3.63, 3.8) is 0 Å². The molecule has 0 aliphatic heterocycles. The Balaban J connectivity index is 2.64. The molecule has 1 heterocycles. The Morgan fingerprint density at radius 3 is 2.53 bits per heavy atom. The van der Waals surface area contributed by atoms with E-state index in [9.17, 15) is 5.11 Å². The van der Waals surface area contributed by atoms with Gasteiger partial charge in [0.2, 0.25) is 0 Å². The first kappa shape index (κ1) is 12.0. The van der Waals surface area contributed by atoms with Crippen molar-refractivity contribution in [2.45, 2.75) is 34.1 Å². The lowest BCUT2D eigenvalue weighted by Crippen LogP contribution is -2.29. The van der Waals surface area contributed by atoms with Crippen LogP contribution in [0.25, 0.3) is 0 Å². The number of aromatic amines is 1. The fraction of sp³-hybridized carbons (Fsp3) is 0.727. The van der Waals surface area contributed by atoms with Crippen molar-refractivity contribution in [2.75, 3.05) is 18.5 Å². The van der Waals surface area contributed by atoms with E-state index in [0.717, 1.165) is 30.0 Å². The van der Waals surface area contributed by atoms with Crippen LogP contribution in [0.2, 0.25) is 0 Å². The minimum absolute atomic E-state index is 0.0594. The maximum absolute atomic E-state index is 9.29. The fourth-order valence-corrected chi connectivity index (χ4v) is 1.41. The molecule has 0 radical (unpaired) electrons. The van der Waals surface area contributed by atoms with Gasteiger partial charge in [-0.1, -0.05) is 13.8 Å². The molecule has 86 valence electrons. The highest BCUT2D eigenvalue weighted by atomic mass is 16.3. The van der Waals surface area contributed by atoms with Crippen LogP contribution < -0.4 is 5.32 Å². The molecule has 0 aliphatic rings. The quantitative estimate of drug-likeness (QED) is 0.696. The van der Waals surface area contributed by atoms with Crippen molar-refractivity contribution in [3.8, 4) is 0 Å². The molecule has 4 nitrogen and oxygen atoms in total. The number of aryl methyl sites for hydroxylation is 2. The standard InChI is InChI=1S/C11H21N3O/c1-5-11(4,7-15)6-12-10-8(2)13-14-9(10)3/h12,15H,5-7H2,1-4H3,(H,13,14). The van der Waals surface area contributed by atoms with Crippen LogP contribution in [-0.4, -0.2) is 28.5 Å². The first-order valence-electron chi connectivity index (χ1n) is 5.38. The van der Waals surface area contributed by atoms with Crippen molar-refractivity contribution in [1.82, 2.24) is 10.2 Å². The van der Waals surface area contributed by atoms with Crippen LogP contribution in [0.15, 0.2) is 0 Å². The molecule has 0 amide bonds. The van der Waals surface area contributed by atoms with Gasteiger partial charge in [-0.2, -0.15) is 5.10 Å². The van der Waals surface area contributed by atoms with Crippen LogP contribution in [0.1, 0.15) is 31.7 Å². The predicted molar refractivity (Wildman–Crippen MR) is 62.0 cm³/mol. The van der Waals surface area contributed by atoms with Gasteiger partial charge in [0, 0.05) is 12.0 Å². The number of hydrogen-bond acceptors (Lipinski definition) is 3. The summed E-state index contributed by atoms with van der Waals surface area (Å²) in [6.07, 6.45) is 0.951. The van der Waals surface area contributed by atoms with E-state index >= 15 is 0 Å². The van der Waals surface area contributed by atoms with E-state index in [-0.39, 0.29) is 12.0 Å². The van der Waals surface area contributed by atoms with Gasteiger partial charge in [-0.3, -0.25) is 5.10 Å². The van der Waals surface area contributed by atoms with Gasteiger partial charge in [0.15, 0.2) is 0 Å². The number of aliphatic hydroxyl groups excluding tert-OH is 1. The third-order valence-electron chi connectivity index (χ3n) is 3.06. The van der Waals surface area contributed by atoms with Crippen LogP contribution >= 0.6 is 0 Å². The Bertz CT molecular complexity index is 296. The highest BCUT2D eigenvalue weighted by molar-refractivity contribution is 5.51. The van der Waals surface area contributed by atoms with E-state index in [0.29, 0.717) is 0 Å². The maximum Gasteiger partial charge on any atom is 0.0825 e. The molecular formula is C11H21N3O. The zero-order valence-corrected chi connectivity index (χ0v) is 10.0. The summed E-state index contributed by atoms with van der Waals surface area (Å²) < 4.78 is 0. The molecule has 0 saturated heterocycles. The van der Waals surface area contributed by atoms with E-state index in [1.165, 1.54) is 0 Å². The minimum Gasteiger partial charge on any atom is -0.396 e. The molecule has 1 aromatic rings. The topological polar surface area (TPSA) is 60.9 Å². The number of anilines is 1. The molecule has 1 unspecified atom stereocenters. The van der Waals surface area contributed by atoms with Gasteiger partial charge in [-0.05, 0) is 20.3 Å². The van der Waals surface area contributed by atoms with Gasteiger partial charge in [-0.15, -0.1) is 0 Å². The maximum atomic E-state index is 9.29. The summed E-state index contributed by atoms with van der Waals surface area (Å²) >= 11 is 0. The normalized spacial score (nSPS) is 15.0. The summed E-state index contributed by atoms with van der Waals surface area (Å²) in [6.45, 7) is 9.09. The Kier molecular flexibility index (Phi) is 3.74. The molecule has 1 rings (SSSR count). The lowest BCUT2D eigenvalue weighted by Gasteiger charge is -2.26. The average molecular weight is 211 g/mol. The van der Waals surface area contributed by atoms with Crippen LogP contribution in [0.3, 0.4) is 0 Å². The number of rotatable bonds is 5. The molecule has 0 saturated carbocycles. The van der Waals surface area contributed by atoms with Crippen LogP contribution in [0.5, 0.6) is 0 Å². The van der Waals surface area contributed by atoms with Crippen LogP contribution in [0, 0.1) is 19.3 Å². The second-order valence-corrected chi connectivity index (χ2v) is 4.48. The van der Waals surface area contributed by atoms with Gasteiger partial charge < -0.3 is 10.4 Å². The predicted octanol–water partition coefficient (Wildman–Crippen LogP) is 1.85. The Morgan fingerprint density at radius 1 is 1.47 bits per heavy atom. The molecule has 4 heteroatoms. The van der Waals surface area contributed by atoms with Crippen LogP contribution in [-0.2, 0) is 0 Å². The van der Waals surface area contributed by atoms with E-state index in [2.05, 4.69) is 29.4 Å². The first-order valence-corrected chi connectivity index (χ1v) is 5.38. The van der Waals surface area contributed by atoms with Gasteiger partial charge in [0.1, 0.15) is 0 Å². The molecule has 1 atom stereocenters. The summed E-state index contributed by atoms with van der Waals surface area (Å²) in [5, 5.41) is 19.7. The van der Waals surface area contributed by atoms with Gasteiger partial charge in [-0.25, -0.2) is 0 Å². The molecular weight excluding hydrogens is 190 g/mol. The molecule has 0 fully saturated rings. The summed E-state index contributed by atoms with van der Waals surface area (Å²) in [5.41, 5.74) is 3.02. The first-order chi connectivity index (χ1) is 7.02. The second-order valence-electron chi connectivity index (χ2n) is 4.48. The van der Waals surface area contributed by atoms with Crippen molar-refractivity contribution >= 4 is 5.69 Å². The van der Waals surface area contributed by atoms with E-state index in [1.54, 1.807) is 0 Å². The van der Waals surface area contributed by atoms with E-state index in [1.807, 2.05) is 13.8 Å². The second kappa shape index (κ2) is 4.66. The Morgan fingerprint density at radius 2 is 2.13 bits per heavy atom. The van der Waals surface area contributed by atoms with Crippen molar-refractivity contribution < 1.29 is 5.11 Å². The Hall–Kier alpha value is -1.03. The summed E-state index contributed by atoms with van der Waals surface area (Å²) in [5.74, 6) is 0. The van der Waals surface area contributed by atoms with Gasteiger partial charge in [0.25, 0.3) is 0 Å². The van der Waals surface area contributed by atoms with Crippen molar-refractivity contribution in [3.05, 3.63) is 11.4 Å². The largest absolute Gasteiger partial charge is 0.396 e. The van der Waals surface area contributed by atoms with Crippen molar-refractivity contribution in [1.29, 1.82) is 0 Å². The zero-order chi connectivity index (χ0) is 11.5. The SMILES string of the molecule is CCC(C)(CO)CNc1c(C)n[nH]c1C. The molecule has 0 aromatic carbocycles. The zero-order valence-electron chi connectivity index (χ0n) is 10.0. The monoisotopic (exact) mass is 211 g/mol. The highest BCUT2D eigenvalue weighted by Crippen LogP contribution is 2.23. The highest BCUT2D eigenvalue weighted by Gasteiger charge is 2.21. The number of H-pyrrole nitrogens is 1. The van der Waals surface area contributed by atoms with Crippen LogP contribution in [0.4, 0.5) is 5.69 Å². The van der Waals surface area contributed by atoms with E-state index in [4.69, 9.17) is 0 Å². The number of nitrogens with zero attached hydrogens (tertiary/aromatic N) is 1. The smallest absolute Gasteiger partial charge is 0.0825 e. The number of hydrogen-bond donors (Lipinski definition) is 3. The lowest BCUT2D eigenvalue weighted by molar-refractivity contribution is 0.149. The molecule has 3 N–H and O–H groups in total. The van der Waals surface area contributed by atoms with Gasteiger partial charge >= 0.3 is 0 Å². The summed E-state index contributed by atoms with van der Waals surface area (Å²) in [7, 11) is 0. The molecule has 0 bridgehead atoms. The molecule has 0 spiro atoms.